The summed E-state index contributed by atoms with van der Waals surface area (Å²) in [7, 11) is 5.18. The molecule has 234 valence electrons. The number of likely N-dealkylation sites (tertiary alicyclic amines) is 3. The molecule has 1 unspecified atom stereocenters. The average Bonchev–Trinajstić information content (AvgIpc) is 3.40. The van der Waals surface area contributed by atoms with Crippen molar-refractivity contribution in [2.24, 2.45) is 11.3 Å². The minimum Gasteiger partial charge on any atom is -0.467 e. The minimum absolute atomic E-state index is 0.00878. The second kappa shape index (κ2) is 14.3. The largest absolute Gasteiger partial charge is 0.467 e. The van der Waals surface area contributed by atoms with Crippen molar-refractivity contribution in [1.29, 1.82) is 0 Å². The summed E-state index contributed by atoms with van der Waals surface area (Å²) in [4.78, 5) is 61.4. The van der Waals surface area contributed by atoms with Crippen molar-refractivity contribution >= 4 is 23.7 Å². The molecule has 3 fully saturated rings. The van der Waals surface area contributed by atoms with Gasteiger partial charge in [-0.05, 0) is 76.4 Å². The maximum Gasteiger partial charge on any atom is 0.328 e. The van der Waals surface area contributed by atoms with Crippen molar-refractivity contribution in [1.82, 2.24) is 24.9 Å². The number of likely N-dealkylation sites (N-methyl/N-ethyl adjacent to an activating group) is 2. The highest BCUT2D eigenvalue weighted by Crippen LogP contribution is 2.28. The summed E-state index contributed by atoms with van der Waals surface area (Å²) in [6.07, 6.45) is 6.95. The van der Waals surface area contributed by atoms with Gasteiger partial charge in [-0.1, -0.05) is 41.0 Å². The first-order valence-corrected chi connectivity index (χ1v) is 15.7. The van der Waals surface area contributed by atoms with Crippen molar-refractivity contribution in [3.63, 3.8) is 0 Å². The summed E-state index contributed by atoms with van der Waals surface area (Å²) >= 11 is 0. The van der Waals surface area contributed by atoms with Crippen LogP contribution in [0.5, 0.6) is 0 Å². The number of ether oxygens (including phenoxy) is 1. The maximum absolute atomic E-state index is 14.1. The topological polar surface area (TPSA) is 102 Å². The lowest BCUT2D eigenvalue weighted by atomic mass is 9.84. The molecule has 0 aliphatic carbocycles. The predicted molar refractivity (Wildman–Crippen MR) is 159 cm³/mol. The zero-order valence-electron chi connectivity index (χ0n) is 26.8. The van der Waals surface area contributed by atoms with Gasteiger partial charge in [-0.25, -0.2) is 4.79 Å². The molecule has 41 heavy (non-hydrogen) atoms. The standard InChI is InChI=1S/C31H55N5O5/c1-21(2)25(20-35-18-13-16-23(35)28(38)36-19-12-10-15-24(36)30(40)41-8)34(7)29(39)26(31(3,4)5)32-27(37)22-14-9-11-17-33(22)6/h21-26H,9-20H2,1-8H3,(H,32,37)/t22-,23+,24?,25-,26-/m1/s1. The highest BCUT2D eigenvalue weighted by atomic mass is 16.5. The lowest BCUT2D eigenvalue weighted by molar-refractivity contribution is -0.156. The first-order chi connectivity index (χ1) is 19.3. The van der Waals surface area contributed by atoms with Gasteiger partial charge in [-0.3, -0.25) is 24.2 Å². The van der Waals surface area contributed by atoms with Gasteiger partial charge in [0.05, 0.1) is 19.2 Å². The molecule has 3 rings (SSSR count). The molecule has 3 saturated heterocycles. The van der Waals surface area contributed by atoms with E-state index in [0.717, 1.165) is 58.0 Å². The van der Waals surface area contributed by atoms with Crippen LogP contribution in [-0.4, -0.2) is 121 Å². The molecule has 0 bridgehead atoms. The first-order valence-electron chi connectivity index (χ1n) is 15.7. The number of esters is 1. The van der Waals surface area contributed by atoms with E-state index in [1.165, 1.54) is 7.11 Å². The Morgan fingerprint density at radius 1 is 0.902 bits per heavy atom. The lowest BCUT2D eigenvalue weighted by Gasteiger charge is -2.42. The van der Waals surface area contributed by atoms with E-state index < -0.39 is 17.5 Å². The van der Waals surface area contributed by atoms with Crippen LogP contribution < -0.4 is 5.32 Å². The van der Waals surface area contributed by atoms with Crippen LogP contribution in [0.15, 0.2) is 0 Å². The highest BCUT2D eigenvalue weighted by molar-refractivity contribution is 5.90. The summed E-state index contributed by atoms with van der Waals surface area (Å²) in [5.41, 5.74) is -0.473. The van der Waals surface area contributed by atoms with Gasteiger partial charge in [0.2, 0.25) is 17.7 Å². The number of carbonyl (C=O) groups excluding carboxylic acids is 4. The number of amides is 3. The second-order valence-corrected chi connectivity index (χ2v) is 13.8. The number of piperidine rings is 2. The van der Waals surface area contributed by atoms with E-state index in [1.807, 2.05) is 34.9 Å². The molecule has 0 radical (unpaired) electrons. The number of hydrogen-bond donors (Lipinski definition) is 1. The van der Waals surface area contributed by atoms with Gasteiger partial charge < -0.3 is 19.9 Å². The van der Waals surface area contributed by atoms with E-state index in [-0.39, 0.29) is 47.7 Å². The van der Waals surface area contributed by atoms with Crippen LogP contribution in [-0.2, 0) is 23.9 Å². The quantitative estimate of drug-likeness (QED) is 0.420. The molecule has 1 N–H and O–H groups in total. The normalized spacial score (nSPS) is 26.0. The van der Waals surface area contributed by atoms with Gasteiger partial charge in [-0.15, -0.1) is 0 Å². The van der Waals surface area contributed by atoms with Crippen LogP contribution in [0, 0.1) is 11.3 Å². The monoisotopic (exact) mass is 577 g/mol. The molecule has 0 aromatic rings. The average molecular weight is 578 g/mol. The zero-order valence-corrected chi connectivity index (χ0v) is 26.8. The van der Waals surface area contributed by atoms with Gasteiger partial charge in [0, 0.05) is 26.2 Å². The van der Waals surface area contributed by atoms with Crippen molar-refractivity contribution in [2.75, 3.05) is 47.4 Å². The molecule has 0 aromatic carbocycles. The third-order valence-electron chi connectivity index (χ3n) is 9.42. The van der Waals surface area contributed by atoms with E-state index >= 15 is 0 Å². The van der Waals surface area contributed by atoms with Crippen LogP contribution in [0.1, 0.15) is 86.0 Å². The molecule has 3 aliphatic rings. The molecule has 0 saturated carbocycles. The van der Waals surface area contributed by atoms with Crippen LogP contribution in [0.25, 0.3) is 0 Å². The Morgan fingerprint density at radius 2 is 1.51 bits per heavy atom. The summed E-state index contributed by atoms with van der Waals surface area (Å²) in [6, 6.07) is -1.86. The molecule has 5 atom stereocenters. The number of hydrogen-bond acceptors (Lipinski definition) is 7. The number of nitrogens with one attached hydrogen (secondary N) is 1. The van der Waals surface area contributed by atoms with Crippen LogP contribution in [0.3, 0.4) is 0 Å². The number of carbonyl (C=O) groups is 4. The summed E-state index contributed by atoms with van der Waals surface area (Å²) in [6.45, 7) is 12.9. The molecule has 0 spiro atoms. The van der Waals surface area contributed by atoms with Crippen molar-refractivity contribution in [2.45, 2.75) is 116 Å². The van der Waals surface area contributed by atoms with Crippen molar-refractivity contribution in [3.8, 4) is 0 Å². The number of methoxy groups -OCH3 is 1. The first kappa shape index (κ1) is 33.3. The SMILES string of the molecule is COC(=O)C1CCCCN1C(=O)[C@@H]1CCCN1C[C@H](C(C)C)N(C)C(=O)[C@@H](NC(=O)[C@H]1CCCCN1C)C(C)(C)C. The number of rotatable bonds is 9. The Kier molecular flexibility index (Phi) is 11.6. The molecule has 10 nitrogen and oxygen atoms in total. The van der Waals surface area contributed by atoms with Crippen molar-refractivity contribution in [3.05, 3.63) is 0 Å². The lowest BCUT2D eigenvalue weighted by Crippen LogP contribution is -2.61. The van der Waals surface area contributed by atoms with Gasteiger partial charge >= 0.3 is 5.97 Å². The van der Waals surface area contributed by atoms with Crippen LogP contribution >= 0.6 is 0 Å². The predicted octanol–water partition coefficient (Wildman–Crippen LogP) is 2.50. The third kappa shape index (κ3) is 8.00. The third-order valence-corrected chi connectivity index (χ3v) is 9.42. The van der Waals surface area contributed by atoms with E-state index in [9.17, 15) is 19.2 Å². The molecule has 10 heteroatoms. The summed E-state index contributed by atoms with van der Waals surface area (Å²) in [5.74, 6) is -0.402. The van der Waals surface area contributed by atoms with Crippen LogP contribution in [0.2, 0.25) is 0 Å². The van der Waals surface area contributed by atoms with Gasteiger partial charge in [0.25, 0.3) is 0 Å². The summed E-state index contributed by atoms with van der Waals surface area (Å²) < 4.78 is 5.01. The molecule has 3 aliphatic heterocycles. The van der Waals surface area contributed by atoms with Gasteiger partial charge in [-0.2, -0.15) is 0 Å². The Labute approximate surface area is 247 Å². The van der Waals surface area contributed by atoms with Crippen LogP contribution in [0.4, 0.5) is 0 Å². The Hall–Kier alpha value is -2.20. The molecular formula is C31H55N5O5. The smallest absolute Gasteiger partial charge is 0.328 e. The molecule has 0 aromatic heterocycles. The maximum atomic E-state index is 14.1. The highest BCUT2D eigenvalue weighted by Gasteiger charge is 2.43. The van der Waals surface area contributed by atoms with Gasteiger partial charge in [0.15, 0.2) is 0 Å². The van der Waals surface area contributed by atoms with Gasteiger partial charge in [0.1, 0.15) is 12.1 Å². The Balaban J connectivity index is 1.75. The molecule has 3 heterocycles. The fourth-order valence-electron chi connectivity index (χ4n) is 6.77. The van der Waals surface area contributed by atoms with E-state index in [1.54, 1.807) is 9.80 Å². The Bertz CT molecular complexity index is 934. The Morgan fingerprint density at radius 3 is 2.10 bits per heavy atom. The second-order valence-electron chi connectivity index (χ2n) is 13.8. The number of nitrogens with zero attached hydrogens (tertiary/aromatic N) is 4. The van der Waals surface area contributed by atoms with Crippen molar-refractivity contribution < 1.29 is 23.9 Å². The molecule has 3 amide bonds. The fourth-order valence-corrected chi connectivity index (χ4v) is 6.77. The fraction of sp³-hybridized carbons (Fsp3) is 0.871. The van der Waals surface area contributed by atoms with E-state index in [0.29, 0.717) is 19.5 Å². The summed E-state index contributed by atoms with van der Waals surface area (Å²) in [5, 5.41) is 3.13. The van der Waals surface area contributed by atoms with E-state index in [2.05, 4.69) is 29.0 Å². The minimum atomic E-state index is -0.665. The molecular weight excluding hydrogens is 522 g/mol. The van der Waals surface area contributed by atoms with E-state index in [4.69, 9.17) is 4.74 Å². The zero-order chi connectivity index (χ0) is 30.5.